The summed E-state index contributed by atoms with van der Waals surface area (Å²) in [6, 6.07) is 5.22. The number of hydrogen-bond acceptors (Lipinski definition) is 2. The third-order valence-corrected chi connectivity index (χ3v) is 3.10. The summed E-state index contributed by atoms with van der Waals surface area (Å²) in [5.74, 6) is -0.111. The number of carbonyl (C=O) groups is 1. The molecular weight excluding hydrogens is 273 g/mol. The molecule has 0 radical (unpaired) electrons. The van der Waals surface area contributed by atoms with Crippen molar-refractivity contribution in [3.05, 3.63) is 33.8 Å². The lowest BCUT2D eigenvalue weighted by Crippen LogP contribution is -2.46. The highest BCUT2D eigenvalue weighted by Gasteiger charge is 2.18. The van der Waals surface area contributed by atoms with Gasteiger partial charge in [-0.25, -0.2) is 0 Å². The van der Waals surface area contributed by atoms with Crippen molar-refractivity contribution < 1.29 is 9.90 Å². The molecule has 0 spiro atoms. The van der Waals surface area contributed by atoms with Gasteiger partial charge in [0, 0.05) is 16.5 Å². The van der Waals surface area contributed by atoms with E-state index in [4.69, 9.17) is 28.3 Å². The van der Waals surface area contributed by atoms with Gasteiger partial charge in [0.05, 0.1) is 12.1 Å². The molecule has 1 aromatic carbocycles. The average Bonchev–Trinajstić information content (AvgIpc) is 2.27. The minimum absolute atomic E-state index is 0.0968. The molecule has 5 heteroatoms. The van der Waals surface area contributed by atoms with Crippen LogP contribution in [-0.2, 0) is 11.2 Å². The third kappa shape index (κ3) is 4.84. The van der Waals surface area contributed by atoms with Gasteiger partial charge in [-0.05, 0) is 38.0 Å². The standard InChI is InChI=1S/C13H17Cl2NO2/c1-13(2,8-17)16-12(18)6-4-9-3-5-10(14)7-11(9)15/h3,5,7,17H,4,6,8H2,1-2H3,(H,16,18). The first-order valence-corrected chi connectivity index (χ1v) is 6.45. The molecular formula is C13H17Cl2NO2. The summed E-state index contributed by atoms with van der Waals surface area (Å²) < 4.78 is 0. The highest BCUT2D eigenvalue weighted by atomic mass is 35.5. The van der Waals surface area contributed by atoms with Crippen molar-refractivity contribution >= 4 is 29.1 Å². The van der Waals surface area contributed by atoms with Crippen LogP contribution in [0.25, 0.3) is 0 Å². The summed E-state index contributed by atoms with van der Waals surface area (Å²) >= 11 is 11.8. The van der Waals surface area contributed by atoms with Crippen LogP contribution < -0.4 is 5.32 Å². The number of benzene rings is 1. The number of amides is 1. The van der Waals surface area contributed by atoms with Gasteiger partial charge in [-0.1, -0.05) is 29.3 Å². The van der Waals surface area contributed by atoms with Crippen molar-refractivity contribution in [3.63, 3.8) is 0 Å². The maximum Gasteiger partial charge on any atom is 0.220 e. The van der Waals surface area contributed by atoms with Crippen LogP contribution in [0, 0.1) is 0 Å². The third-order valence-electron chi connectivity index (χ3n) is 2.51. The molecule has 1 rings (SSSR count). The minimum Gasteiger partial charge on any atom is -0.394 e. The Hall–Kier alpha value is -0.770. The molecule has 0 aromatic heterocycles. The largest absolute Gasteiger partial charge is 0.394 e. The van der Waals surface area contributed by atoms with Crippen LogP contribution in [0.3, 0.4) is 0 Å². The highest BCUT2D eigenvalue weighted by Crippen LogP contribution is 2.22. The molecule has 0 saturated carbocycles. The SMILES string of the molecule is CC(C)(CO)NC(=O)CCc1ccc(Cl)cc1Cl. The van der Waals surface area contributed by atoms with Crippen molar-refractivity contribution in [1.82, 2.24) is 5.32 Å². The van der Waals surface area contributed by atoms with Crippen molar-refractivity contribution in [3.8, 4) is 0 Å². The average molecular weight is 290 g/mol. The second-order valence-electron chi connectivity index (χ2n) is 4.83. The van der Waals surface area contributed by atoms with Crippen LogP contribution in [0.15, 0.2) is 18.2 Å². The Morgan fingerprint density at radius 3 is 2.61 bits per heavy atom. The molecule has 0 unspecified atom stereocenters. The fourth-order valence-electron chi connectivity index (χ4n) is 1.45. The van der Waals surface area contributed by atoms with Crippen LogP contribution in [0.1, 0.15) is 25.8 Å². The topological polar surface area (TPSA) is 49.3 Å². The van der Waals surface area contributed by atoms with Crippen molar-refractivity contribution in [2.75, 3.05) is 6.61 Å². The first-order valence-electron chi connectivity index (χ1n) is 5.70. The van der Waals surface area contributed by atoms with Crippen LogP contribution in [0.4, 0.5) is 0 Å². The van der Waals surface area contributed by atoms with Gasteiger partial charge >= 0.3 is 0 Å². The minimum atomic E-state index is -0.596. The number of hydrogen-bond donors (Lipinski definition) is 2. The lowest BCUT2D eigenvalue weighted by Gasteiger charge is -2.23. The first kappa shape index (κ1) is 15.3. The van der Waals surface area contributed by atoms with Gasteiger partial charge in [0.1, 0.15) is 0 Å². The van der Waals surface area contributed by atoms with E-state index >= 15 is 0 Å². The number of aliphatic hydroxyl groups is 1. The summed E-state index contributed by atoms with van der Waals surface area (Å²) in [4.78, 5) is 11.7. The van der Waals surface area contributed by atoms with Crippen LogP contribution >= 0.6 is 23.2 Å². The molecule has 0 atom stereocenters. The molecule has 0 aliphatic heterocycles. The van der Waals surface area contributed by atoms with E-state index in [1.165, 1.54) is 0 Å². The van der Waals surface area contributed by atoms with E-state index in [-0.39, 0.29) is 12.5 Å². The Bertz CT molecular complexity index is 433. The zero-order valence-corrected chi connectivity index (χ0v) is 12.0. The summed E-state index contributed by atoms with van der Waals surface area (Å²) in [7, 11) is 0. The van der Waals surface area contributed by atoms with E-state index < -0.39 is 5.54 Å². The van der Waals surface area contributed by atoms with Gasteiger partial charge in [0.15, 0.2) is 0 Å². The summed E-state index contributed by atoms with van der Waals surface area (Å²) in [5, 5.41) is 12.9. The zero-order valence-electron chi connectivity index (χ0n) is 10.5. The summed E-state index contributed by atoms with van der Waals surface area (Å²) in [5.41, 5.74) is 0.291. The molecule has 0 fully saturated rings. The Morgan fingerprint density at radius 2 is 2.06 bits per heavy atom. The maximum absolute atomic E-state index is 11.7. The number of carbonyl (C=O) groups excluding carboxylic acids is 1. The van der Waals surface area contributed by atoms with Gasteiger partial charge in [0.25, 0.3) is 0 Å². The first-order chi connectivity index (χ1) is 8.34. The van der Waals surface area contributed by atoms with E-state index in [1.54, 1.807) is 26.0 Å². The summed E-state index contributed by atoms with van der Waals surface area (Å²) in [6.45, 7) is 3.43. The van der Waals surface area contributed by atoms with Gasteiger partial charge in [0.2, 0.25) is 5.91 Å². The Morgan fingerprint density at radius 1 is 1.39 bits per heavy atom. The fraction of sp³-hybridized carbons (Fsp3) is 0.462. The Kier molecular flexibility index (Phi) is 5.45. The van der Waals surface area contributed by atoms with Crippen molar-refractivity contribution in [2.45, 2.75) is 32.2 Å². The molecule has 1 aromatic rings. The van der Waals surface area contributed by atoms with Gasteiger partial charge in [-0.3, -0.25) is 4.79 Å². The predicted octanol–water partition coefficient (Wildman–Crippen LogP) is 2.81. The second-order valence-corrected chi connectivity index (χ2v) is 5.67. The zero-order chi connectivity index (χ0) is 13.8. The van der Waals surface area contributed by atoms with E-state index in [1.807, 2.05) is 6.07 Å². The van der Waals surface area contributed by atoms with E-state index in [9.17, 15) is 4.79 Å². The molecule has 3 nitrogen and oxygen atoms in total. The summed E-state index contributed by atoms with van der Waals surface area (Å²) in [6.07, 6.45) is 0.869. The fourth-order valence-corrected chi connectivity index (χ4v) is 1.96. The van der Waals surface area contributed by atoms with Crippen molar-refractivity contribution in [2.24, 2.45) is 0 Å². The molecule has 0 saturated heterocycles. The Balaban J connectivity index is 2.53. The molecule has 0 aliphatic rings. The molecule has 2 N–H and O–H groups in total. The van der Waals surface area contributed by atoms with Crippen LogP contribution in [0.2, 0.25) is 10.0 Å². The molecule has 0 aliphatic carbocycles. The van der Waals surface area contributed by atoms with Gasteiger partial charge < -0.3 is 10.4 Å². The lowest BCUT2D eigenvalue weighted by atomic mass is 10.1. The molecule has 100 valence electrons. The molecule has 0 heterocycles. The highest BCUT2D eigenvalue weighted by molar-refractivity contribution is 6.35. The second kappa shape index (κ2) is 6.41. The quantitative estimate of drug-likeness (QED) is 0.876. The number of nitrogens with one attached hydrogen (secondary N) is 1. The smallest absolute Gasteiger partial charge is 0.220 e. The van der Waals surface area contributed by atoms with E-state index in [0.717, 1.165) is 5.56 Å². The van der Waals surface area contributed by atoms with Gasteiger partial charge in [-0.15, -0.1) is 0 Å². The van der Waals surface area contributed by atoms with E-state index in [0.29, 0.717) is 22.9 Å². The number of aliphatic hydroxyl groups excluding tert-OH is 1. The maximum atomic E-state index is 11.7. The number of halogens is 2. The molecule has 18 heavy (non-hydrogen) atoms. The monoisotopic (exact) mass is 289 g/mol. The van der Waals surface area contributed by atoms with E-state index in [2.05, 4.69) is 5.32 Å². The normalized spacial score (nSPS) is 11.4. The number of aryl methyl sites for hydroxylation is 1. The molecule has 1 amide bonds. The lowest BCUT2D eigenvalue weighted by molar-refractivity contribution is -0.123. The Labute approximate surface area is 117 Å². The molecule has 0 bridgehead atoms. The predicted molar refractivity (Wildman–Crippen MR) is 74.1 cm³/mol. The number of rotatable bonds is 5. The van der Waals surface area contributed by atoms with Crippen LogP contribution in [0.5, 0.6) is 0 Å². The van der Waals surface area contributed by atoms with Gasteiger partial charge in [-0.2, -0.15) is 0 Å². The van der Waals surface area contributed by atoms with Crippen molar-refractivity contribution in [1.29, 1.82) is 0 Å². The van der Waals surface area contributed by atoms with Crippen LogP contribution in [-0.4, -0.2) is 23.2 Å².